The molecule has 92 valence electrons. The molecular formula is C15H15NO2. The van der Waals surface area contributed by atoms with Crippen molar-refractivity contribution in [3.63, 3.8) is 0 Å². The van der Waals surface area contributed by atoms with E-state index in [0.29, 0.717) is 12.1 Å². The largest absolute Gasteiger partial charge is 0.508 e. The van der Waals surface area contributed by atoms with Crippen molar-refractivity contribution in [1.82, 2.24) is 4.90 Å². The topological polar surface area (TPSA) is 40.5 Å². The Bertz CT molecular complexity index is 537. The predicted octanol–water partition coefficient (Wildman–Crippen LogP) is 2.66. The van der Waals surface area contributed by atoms with Crippen LogP contribution in [0.15, 0.2) is 54.6 Å². The van der Waals surface area contributed by atoms with Gasteiger partial charge in [-0.15, -0.1) is 0 Å². The van der Waals surface area contributed by atoms with E-state index in [1.165, 1.54) is 6.07 Å². The molecule has 0 aliphatic heterocycles. The minimum Gasteiger partial charge on any atom is -0.508 e. The van der Waals surface area contributed by atoms with Gasteiger partial charge in [-0.2, -0.15) is 0 Å². The van der Waals surface area contributed by atoms with Crippen molar-refractivity contribution in [3.05, 3.63) is 65.7 Å². The number of rotatable bonds is 3. The number of benzene rings is 2. The van der Waals surface area contributed by atoms with Crippen LogP contribution in [-0.4, -0.2) is 23.0 Å². The zero-order valence-electron chi connectivity index (χ0n) is 10.2. The number of nitrogens with zero attached hydrogens (tertiary/aromatic N) is 1. The number of hydrogen-bond donors (Lipinski definition) is 1. The lowest BCUT2D eigenvalue weighted by atomic mass is 10.1. The molecule has 0 bridgehead atoms. The minimum absolute atomic E-state index is 0.102. The molecule has 0 unspecified atom stereocenters. The molecule has 0 saturated heterocycles. The lowest BCUT2D eigenvalue weighted by Crippen LogP contribution is -2.26. The molecule has 2 aromatic rings. The smallest absolute Gasteiger partial charge is 0.254 e. The van der Waals surface area contributed by atoms with Gasteiger partial charge in [0.25, 0.3) is 5.91 Å². The first-order valence-electron chi connectivity index (χ1n) is 5.75. The SMILES string of the molecule is CN(Cc1ccccc1)C(=O)c1cccc(O)c1. The normalized spacial score (nSPS) is 10.1. The fourth-order valence-corrected chi connectivity index (χ4v) is 1.79. The summed E-state index contributed by atoms with van der Waals surface area (Å²) in [6.07, 6.45) is 0. The van der Waals surface area contributed by atoms with Crippen LogP contribution in [0, 0.1) is 0 Å². The molecule has 3 nitrogen and oxygen atoms in total. The summed E-state index contributed by atoms with van der Waals surface area (Å²) in [7, 11) is 1.75. The Morgan fingerprint density at radius 1 is 1.11 bits per heavy atom. The molecule has 0 heterocycles. The summed E-state index contributed by atoms with van der Waals surface area (Å²) in [4.78, 5) is 13.7. The number of carbonyl (C=O) groups excluding carboxylic acids is 1. The quantitative estimate of drug-likeness (QED) is 0.897. The van der Waals surface area contributed by atoms with E-state index in [1.807, 2.05) is 30.3 Å². The van der Waals surface area contributed by atoms with E-state index < -0.39 is 0 Å². The van der Waals surface area contributed by atoms with Crippen molar-refractivity contribution < 1.29 is 9.90 Å². The van der Waals surface area contributed by atoms with E-state index in [4.69, 9.17) is 0 Å². The Hall–Kier alpha value is -2.29. The van der Waals surface area contributed by atoms with Crippen LogP contribution < -0.4 is 0 Å². The molecule has 2 aromatic carbocycles. The first-order valence-corrected chi connectivity index (χ1v) is 5.75. The average Bonchev–Trinajstić information content (AvgIpc) is 2.39. The van der Waals surface area contributed by atoms with Crippen molar-refractivity contribution in [2.45, 2.75) is 6.54 Å². The molecular weight excluding hydrogens is 226 g/mol. The second-order valence-corrected chi connectivity index (χ2v) is 4.20. The third-order valence-corrected chi connectivity index (χ3v) is 2.70. The van der Waals surface area contributed by atoms with E-state index >= 15 is 0 Å². The Morgan fingerprint density at radius 2 is 1.83 bits per heavy atom. The number of phenols is 1. The Balaban J connectivity index is 2.10. The van der Waals surface area contributed by atoms with Gasteiger partial charge >= 0.3 is 0 Å². The second-order valence-electron chi connectivity index (χ2n) is 4.20. The number of carbonyl (C=O) groups is 1. The lowest BCUT2D eigenvalue weighted by Gasteiger charge is -2.17. The molecule has 1 amide bonds. The van der Waals surface area contributed by atoms with Gasteiger partial charge in [-0.3, -0.25) is 4.79 Å². The van der Waals surface area contributed by atoms with Crippen LogP contribution in [0.4, 0.5) is 0 Å². The Morgan fingerprint density at radius 3 is 2.50 bits per heavy atom. The van der Waals surface area contributed by atoms with Crippen molar-refractivity contribution in [3.8, 4) is 5.75 Å². The molecule has 0 fully saturated rings. The predicted molar refractivity (Wildman–Crippen MR) is 70.3 cm³/mol. The molecule has 3 heteroatoms. The molecule has 2 rings (SSSR count). The van der Waals surface area contributed by atoms with Crippen LogP contribution in [0.5, 0.6) is 5.75 Å². The molecule has 18 heavy (non-hydrogen) atoms. The highest BCUT2D eigenvalue weighted by molar-refractivity contribution is 5.94. The van der Waals surface area contributed by atoms with E-state index in [2.05, 4.69) is 0 Å². The van der Waals surface area contributed by atoms with Crippen LogP contribution in [0.3, 0.4) is 0 Å². The minimum atomic E-state index is -0.102. The summed E-state index contributed by atoms with van der Waals surface area (Å²) in [6.45, 7) is 0.551. The maximum absolute atomic E-state index is 12.1. The maximum atomic E-state index is 12.1. The fourth-order valence-electron chi connectivity index (χ4n) is 1.79. The number of phenolic OH excluding ortho intramolecular Hbond substituents is 1. The number of aromatic hydroxyl groups is 1. The summed E-state index contributed by atoms with van der Waals surface area (Å²) < 4.78 is 0. The number of hydrogen-bond acceptors (Lipinski definition) is 2. The van der Waals surface area contributed by atoms with Gasteiger partial charge in [0.05, 0.1) is 0 Å². The molecule has 0 aliphatic carbocycles. The molecule has 0 saturated carbocycles. The summed E-state index contributed by atoms with van der Waals surface area (Å²) in [5, 5.41) is 9.36. The molecule has 1 N–H and O–H groups in total. The first kappa shape index (κ1) is 12.2. The van der Waals surface area contributed by atoms with Crippen molar-refractivity contribution in [2.75, 3.05) is 7.05 Å². The summed E-state index contributed by atoms with van der Waals surface area (Å²) in [5.41, 5.74) is 1.57. The van der Waals surface area contributed by atoms with Gasteiger partial charge in [0.15, 0.2) is 0 Å². The van der Waals surface area contributed by atoms with Gasteiger partial charge in [-0.1, -0.05) is 36.4 Å². The van der Waals surface area contributed by atoms with Crippen molar-refractivity contribution in [1.29, 1.82) is 0 Å². The molecule has 0 radical (unpaired) electrons. The van der Waals surface area contributed by atoms with E-state index in [1.54, 1.807) is 30.1 Å². The van der Waals surface area contributed by atoms with Crippen LogP contribution in [0.25, 0.3) is 0 Å². The highest BCUT2D eigenvalue weighted by Crippen LogP contribution is 2.13. The molecule has 0 atom stereocenters. The van der Waals surface area contributed by atoms with Gasteiger partial charge in [-0.25, -0.2) is 0 Å². The van der Waals surface area contributed by atoms with E-state index in [0.717, 1.165) is 5.56 Å². The molecule has 0 aromatic heterocycles. The Labute approximate surface area is 106 Å². The van der Waals surface area contributed by atoms with Crippen LogP contribution in [0.1, 0.15) is 15.9 Å². The van der Waals surface area contributed by atoms with E-state index in [9.17, 15) is 9.90 Å². The second kappa shape index (κ2) is 5.36. The fraction of sp³-hybridized carbons (Fsp3) is 0.133. The third kappa shape index (κ3) is 2.88. The monoisotopic (exact) mass is 241 g/mol. The summed E-state index contributed by atoms with van der Waals surface area (Å²) >= 11 is 0. The lowest BCUT2D eigenvalue weighted by molar-refractivity contribution is 0.0784. The standard InChI is InChI=1S/C15H15NO2/c1-16(11-12-6-3-2-4-7-12)15(18)13-8-5-9-14(17)10-13/h2-10,17H,11H2,1H3. The molecule has 0 aliphatic rings. The van der Waals surface area contributed by atoms with Crippen molar-refractivity contribution in [2.24, 2.45) is 0 Å². The zero-order valence-corrected chi connectivity index (χ0v) is 10.2. The highest BCUT2D eigenvalue weighted by atomic mass is 16.3. The zero-order chi connectivity index (χ0) is 13.0. The van der Waals surface area contributed by atoms with Gasteiger partial charge < -0.3 is 10.0 Å². The van der Waals surface area contributed by atoms with Gasteiger partial charge in [0.2, 0.25) is 0 Å². The first-order chi connectivity index (χ1) is 8.66. The van der Waals surface area contributed by atoms with E-state index in [-0.39, 0.29) is 11.7 Å². The molecule has 0 spiro atoms. The Kier molecular flexibility index (Phi) is 3.63. The maximum Gasteiger partial charge on any atom is 0.254 e. The van der Waals surface area contributed by atoms with Gasteiger partial charge in [0, 0.05) is 19.2 Å². The van der Waals surface area contributed by atoms with Crippen LogP contribution in [0.2, 0.25) is 0 Å². The van der Waals surface area contributed by atoms with Crippen LogP contribution in [-0.2, 0) is 6.54 Å². The van der Waals surface area contributed by atoms with Gasteiger partial charge in [0.1, 0.15) is 5.75 Å². The average molecular weight is 241 g/mol. The summed E-state index contributed by atoms with van der Waals surface area (Å²) in [6, 6.07) is 16.2. The third-order valence-electron chi connectivity index (χ3n) is 2.70. The summed E-state index contributed by atoms with van der Waals surface area (Å²) in [5.74, 6) is 0.00344. The van der Waals surface area contributed by atoms with Gasteiger partial charge in [-0.05, 0) is 23.8 Å². The van der Waals surface area contributed by atoms with Crippen molar-refractivity contribution >= 4 is 5.91 Å². The number of amides is 1. The highest BCUT2D eigenvalue weighted by Gasteiger charge is 2.12. The van der Waals surface area contributed by atoms with Crippen LogP contribution >= 0.6 is 0 Å².